The average Bonchev–Trinajstić information content (AvgIpc) is 3.01. The van der Waals surface area contributed by atoms with Crippen LogP contribution >= 0.6 is 0 Å². The van der Waals surface area contributed by atoms with Crippen molar-refractivity contribution in [3.63, 3.8) is 0 Å². The fraction of sp³-hybridized carbons (Fsp3) is 0.158. The summed E-state index contributed by atoms with van der Waals surface area (Å²) in [6.45, 7) is 7.34. The van der Waals surface area contributed by atoms with E-state index in [1.165, 1.54) is 33.3 Å². The Morgan fingerprint density at radius 1 is 1.05 bits per heavy atom. The zero-order valence-electron chi connectivity index (χ0n) is 12.4. The molecule has 0 fully saturated rings. The van der Waals surface area contributed by atoms with Gasteiger partial charge in [0, 0.05) is 42.3 Å². The molecule has 1 aromatic heterocycles. The van der Waals surface area contributed by atoms with Gasteiger partial charge in [0.15, 0.2) is 0 Å². The Bertz CT molecular complexity index is 870. The van der Waals surface area contributed by atoms with Crippen LogP contribution in [0.3, 0.4) is 0 Å². The van der Waals surface area contributed by atoms with Crippen LogP contribution in [-0.2, 0) is 13.6 Å². The maximum atomic E-state index is 4.30. The molecule has 1 aliphatic heterocycles. The van der Waals surface area contributed by atoms with Crippen LogP contribution < -0.4 is 4.90 Å². The van der Waals surface area contributed by atoms with Crippen molar-refractivity contribution in [1.29, 1.82) is 0 Å². The number of aromatic nitrogens is 1. The molecule has 3 aromatic rings. The molecule has 0 unspecified atom stereocenters. The minimum absolute atomic E-state index is 0.907. The van der Waals surface area contributed by atoms with Crippen molar-refractivity contribution in [2.24, 2.45) is 7.05 Å². The van der Waals surface area contributed by atoms with E-state index in [9.17, 15) is 0 Å². The van der Waals surface area contributed by atoms with Crippen molar-refractivity contribution < 1.29 is 0 Å². The number of benzene rings is 2. The van der Waals surface area contributed by atoms with Gasteiger partial charge in [-0.2, -0.15) is 0 Å². The average molecular weight is 274 g/mol. The normalized spacial score (nSPS) is 14.0. The van der Waals surface area contributed by atoms with Gasteiger partial charge in [0.05, 0.1) is 0 Å². The lowest BCUT2D eigenvalue weighted by Gasteiger charge is -2.20. The van der Waals surface area contributed by atoms with Gasteiger partial charge in [-0.05, 0) is 42.1 Å². The molecule has 0 aliphatic carbocycles. The molecule has 0 saturated heterocycles. The van der Waals surface area contributed by atoms with E-state index in [2.05, 4.69) is 78.7 Å². The highest BCUT2D eigenvalue weighted by atomic mass is 15.2. The third-order valence-electron chi connectivity index (χ3n) is 4.41. The first-order chi connectivity index (χ1) is 10.1. The van der Waals surface area contributed by atoms with Crippen LogP contribution in [0.25, 0.3) is 16.6 Å². The summed E-state index contributed by atoms with van der Waals surface area (Å²) in [5, 5.41) is 1.28. The van der Waals surface area contributed by atoms with Gasteiger partial charge in [-0.3, -0.25) is 0 Å². The van der Waals surface area contributed by atoms with E-state index in [4.69, 9.17) is 0 Å². The van der Waals surface area contributed by atoms with Gasteiger partial charge in [-0.25, -0.2) is 0 Å². The molecule has 0 saturated carbocycles. The Morgan fingerprint density at radius 3 is 2.76 bits per heavy atom. The molecule has 0 spiro atoms. The number of nitrogens with zero attached hydrogens (tertiary/aromatic N) is 2. The van der Waals surface area contributed by atoms with Crippen molar-refractivity contribution in [1.82, 2.24) is 4.57 Å². The van der Waals surface area contributed by atoms with Crippen LogP contribution in [0.5, 0.6) is 0 Å². The standard InChI is InChI=1S/C19H18N2/c1-13-4-5-16-12-21(14(2)18(16)10-13)17-7-6-15-8-9-20(3)19(15)11-17/h4-11H,2,12H2,1,3H3. The van der Waals surface area contributed by atoms with Gasteiger partial charge >= 0.3 is 0 Å². The predicted octanol–water partition coefficient (Wildman–Crippen LogP) is 4.48. The third kappa shape index (κ3) is 1.79. The predicted molar refractivity (Wildman–Crippen MR) is 89.3 cm³/mol. The molecule has 21 heavy (non-hydrogen) atoms. The first-order valence-corrected chi connectivity index (χ1v) is 7.25. The van der Waals surface area contributed by atoms with Crippen LogP contribution in [0.15, 0.2) is 55.2 Å². The van der Waals surface area contributed by atoms with Gasteiger partial charge < -0.3 is 9.47 Å². The molecule has 104 valence electrons. The number of hydrogen-bond acceptors (Lipinski definition) is 1. The van der Waals surface area contributed by atoms with Gasteiger partial charge in [0.2, 0.25) is 0 Å². The summed E-state index contributed by atoms with van der Waals surface area (Å²) in [4.78, 5) is 2.30. The second kappa shape index (κ2) is 4.26. The summed E-state index contributed by atoms with van der Waals surface area (Å²) in [7, 11) is 2.09. The number of anilines is 1. The molecule has 1 aliphatic rings. The highest BCUT2D eigenvalue weighted by Crippen LogP contribution is 2.37. The van der Waals surface area contributed by atoms with Crippen molar-refractivity contribution in [2.75, 3.05) is 4.90 Å². The van der Waals surface area contributed by atoms with E-state index in [0.29, 0.717) is 0 Å². The van der Waals surface area contributed by atoms with Crippen LogP contribution in [-0.4, -0.2) is 4.57 Å². The Kier molecular flexibility index (Phi) is 2.49. The van der Waals surface area contributed by atoms with E-state index in [1.54, 1.807) is 0 Å². The van der Waals surface area contributed by atoms with Crippen LogP contribution in [0.1, 0.15) is 16.7 Å². The Hall–Kier alpha value is -2.48. The molecule has 4 rings (SSSR count). The van der Waals surface area contributed by atoms with Gasteiger partial charge in [0.25, 0.3) is 0 Å². The Balaban J connectivity index is 1.80. The maximum Gasteiger partial charge on any atom is 0.0498 e. The van der Waals surface area contributed by atoms with Gasteiger partial charge in [-0.1, -0.05) is 30.3 Å². The minimum Gasteiger partial charge on any atom is -0.350 e. The summed E-state index contributed by atoms with van der Waals surface area (Å²) in [5.74, 6) is 0. The summed E-state index contributed by atoms with van der Waals surface area (Å²) >= 11 is 0. The largest absolute Gasteiger partial charge is 0.350 e. The van der Waals surface area contributed by atoms with E-state index in [0.717, 1.165) is 12.2 Å². The quantitative estimate of drug-likeness (QED) is 0.635. The molecule has 2 aromatic carbocycles. The molecule has 0 atom stereocenters. The van der Waals surface area contributed by atoms with E-state index < -0.39 is 0 Å². The summed E-state index contributed by atoms with van der Waals surface area (Å²) in [6.07, 6.45) is 2.10. The number of fused-ring (bicyclic) bond motifs is 2. The lowest BCUT2D eigenvalue weighted by atomic mass is 10.1. The summed E-state index contributed by atoms with van der Waals surface area (Å²) < 4.78 is 2.16. The number of hydrogen-bond donors (Lipinski definition) is 0. The van der Waals surface area contributed by atoms with Gasteiger partial charge in [-0.15, -0.1) is 0 Å². The molecule has 2 heteroatoms. The monoisotopic (exact) mass is 274 g/mol. The van der Waals surface area contributed by atoms with Crippen molar-refractivity contribution in [3.05, 3.63) is 71.9 Å². The Labute approximate surface area is 124 Å². The number of aryl methyl sites for hydroxylation is 2. The highest BCUT2D eigenvalue weighted by Gasteiger charge is 2.23. The smallest absolute Gasteiger partial charge is 0.0498 e. The lowest BCUT2D eigenvalue weighted by Crippen LogP contribution is -2.12. The van der Waals surface area contributed by atoms with Crippen molar-refractivity contribution in [3.8, 4) is 0 Å². The van der Waals surface area contributed by atoms with Crippen molar-refractivity contribution in [2.45, 2.75) is 13.5 Å². The van der Waals surface area contributed by atoms with Crippen LogP contribution in [0, 0.1) is 6.92 Å². The zero-order chi connectivity index (χ0) is 14.6. The molecule has 0 amide bonds. The molecule has 0 N–H and O–H groups in total. The molecule has 0 bridgehead atoms. The van der Waals surface area contributed by atoms with Crippen LogP contribution in [0.4, 0.5) is 5.69 Å². The van der Waals surface area contributed by atoms with E-state index in [1.807, 2.05) is 0 Å². The second-order valence-corrected chi connectivity index (χ2v) is 5.86. The lowest BCUT2D eigenvalue weighted by molar-refractivity contribution is 0.967. The zero-order valence-corrected chi connectivity index (χ0v) is 12.4. The van der Waals surface area contributed by atoms with Crippen LogP contribution in [0.2, 0.25) is 0 Å². The fourth-order valence-electron chi connectivity index (χ4n) is 3.17. The molecular formula is C19H18N2. The second-order valence-electron chi connectivity index (χ2n) is 5.86. The summed E-state index contributed by atoms with van der Waals surface area (Å²) in [5.41, 5.74) is 7.49. The SMILES string of the molecule is C=C1c2cc(C)ccc2CN1c1ccc2ccn(C)c2c1. The molecule has 2 nitrogen and oxygen atoms in total. The highest BCUT2D eigenvalue weighted by molar-refractivity contribution is 5.89. The topological polar surface area (TPSA) is 8.17 Å². The molecular weight excluding hydrogens is 256 g/mol. The number of rotatable bonds is 1. The van der Waals surface area contributed by atoms with E-state index >= 15 is 0 Å². The van der Waals surface area contributed by atoms with Crippen molar-refractivity contribution >= 4 is 22.3 Å². The minimum atomic E-state index is 0.907. The van der Waals surface area contributed by atoms with E-state index in [-0.39, 0.29) is 0 Å². The fourth-order valence-corrected chi connectivity index (χ4v) is 3.17. The van der Waals surface area contributed by atoms with Gasteiger partial charge in [0.1, 0.15) is 0 Å². The third-order valence-corrected chi connectivity index (χ3v) is 4.41. The maximum absolute atomic E-state index is 4.30. The molecule has 2 heterocycles. The molecule has 0 radical (unpaired) electrons. The first-order valence-electron chi connectivity index (χ1n) is 7.25. The first kappa shape index (κ1) is 12.3. The summed E-state index contributed by atoms with van der Waals surface area (Å²) in [6, 6.07) is 15.4. The Morgan fingerprint density at radius 2 is 1.90 bits per heavy atom.